The number of hydrogen-bond donors (Lipinski definition) is 1. The van der Waals surface area contributed by atoms with Crippen molar-refractivity contribution in [3.63, 3.8) is 0 Å². The van der Waals surface area contributed by atoms with E-state index in [1.54, 1.807) is 39.0 Å². The van der Waals surface area contributed by atoms with Gasteiger partial charge in [0.05, 0.1) is 0 Å². The van der Waals surface area contributed by atoms with Crippen LogP contribution in [0.15, 0.2) is 33.9 Å². The van der Waals surface area contributed by atoms with Crippen LogP contribution in [0.5, 0.6) is 0 Å². The van der Waals surface area contributed by atoms with Crippen molar-refractivity contribution in [1.29, 1.82) is 0 Å². The van der Waals surface area contributed by atoms with Gasteiger partial charge in [0.25, 0.3) is 5.22 Å². The minimum atomic E-state index is -0.598. The van der Waals surface area contributed by atoms with Crippen molar-refractivity contribution in [2.24, 2.45) is 5.92 Å². The van der Waals surface area contributed by atoms with E-state index in [-0.39, 0.29) is 11.7 Å². The van der Waals surface area contributed by atoms with E-state index >= 15 is 0 Å². The monoisotopic (exact) mass is 395 g/mol. The van der Waals surface area contributed by atoms with Gasteiger partial charge >= 0.3 is 6.09 Å². The Balaban J connectivity index is 2.06. The largest absolute Gasteiger partial charge is 0.444 e. The Hall–Kier alpha value is -2.09. The van der Waals surface area contributed by atoms with Crippen molar-refractivity contribution >= 4 is 17.9 Å². The molecule has 1 N–H and O–H groups in total. The third kappa shape index (κ3) is 6.53. The number of nitrogens with zero attached hydrogens (tertiary/aromatic N) is 2. The van der Waals surface area contributed by atoms with Crippen LogP contribution in [-0.4, -0.2) is 21.9 Å². The zero-order chi connectivity index (χ0) is 20.0. The molecule has 0 bridgehead atoms. The number of carbonyl (C=O) groups excluding carboxylic acids is 1. The average Bonchev–Trinajstić information content (AvgIpc) is 3.05. The molecule has 0 radical (unpaired) electrons. The van der Waals surface area contributed by atoms with Crippen molar-refractivity contribution in [2.75, 3.05) is 0 Å². The molecule has 148 valence electrons. The molecule has 0 aliphatic heterocycles. The van der Waals surface area contributed by atoms with Gasteiger partial charge < -0.3 is 14.5 Å². The predicted octanol–water partition coefficient (Wildman–Crippen LogP) is 5.11. The van der Waals surface area contributed by atoms with E-state index in [9.17, 15) is 9.18 Å². The molecular weight excluding hydrogens is 369 g/mol. The number of ether oxygens (including phenoxy) is 1. The number of nitrogens with one attached hydrogen (secondary N) is 1. The molecule has 0 unspecified atom stereocenters. The minimum absolute atomic E-state index is 0.0717. The first-order valence-corrected chi connectivity index (χ1v) is 9.87. The van der Waals surface area contributed by atoms with Crippen LogP contribution in [0.3, 0.4) is 0 Å². The second-order valence-corrected chi connectivity index (χ2v) is 8.22. The average molecular weight is 396 g/mol. The molecule has 27 heavy (non-hydrogen) atoms. The summed E-state index contributed by atoms with van der Waals surface area (Å²) in [6, 6.07) is 6.10. The van der Waals surface area contributed by atoms with Gasteiger partial charge in [-0.1, -0.05) is 50.2 Å². The number of hydrogen-bond acceptors (Lipinski definition) is 6. The Kier molecular flexibility index (Phi) is 7.24. The molecule has 2 atom stereocenters. The van der Waals surface area contributed by atoms with Gasteiger partial charge in [-0.05, 0) is 38.3 Å². The summed E-state index contributed by atoms with van der Waals surface area (Å²) in [7, 11) is 0. The molecule has 6 nitrogen and oxygen atoms in total. The lowest BCUT2D eigenvalue weighted by Crippen LogP contribution is -2.37. The Morgan fingerprint density at radius 3 is 2.67 bits per heavy atom. The second-order valence-electron chi connectivity index (χ2n) is 7.30. The van der Waals surface area contributed by atoms with E-state index in [4.69, 9.17) is 9.15 Å². The van der Waals surface area contributed by atoms with Crippen molar-refractivity contribution in [3.05, 3.63) is 41.5 Å². The van der Waals surface area contributed by atoms with E-state index in [1.807, 2.05) is 13.8 Å². The van der Waals surface area contributed by atoms with E-state index in [2.05, 4.69) is 15.5 Å². The lowest BCUT2D eigenvalue weighted by Gasteiger charge is -2.24. The maximum Gasteiger partial charge on any atom is 0.408 e. The van der Waals surface area contributed by atoms with Crippen LogP contribution >= 0.6 is 11.8 Å². The van der Waals surface area contributed by atoms with Crippen molar-refractivity contribution in [2.45, 2.75) is 63.7 Å². The number of aromatic nitrogens is 2. The Morgan fingerprint density at radius 1 is 1.33 bits per heavy atom. The number of benzene rings is 1. The molecule has 2 rings (SSSR count). The van der Waals surface area contributed by atoms with Crippen LogP contribution in [0.2, 0.25) is 0 Å². The highest BCUT2D eigenvalue weighted by molar-refractivity contribution is 7.98. The van der Waals surface area contributed by atoms with Crippen LogP contribution in [0, 0.1) is 11.7 Å². The summed E-state index contributed by atoms with van der Waals surface area (Å²) >= 11 is 1.25. The zero-order valence-electron chi connectivity index (χ0n) is 16.3. The topological polar surface area (TPSA) is 77.2 Å². The van der Waals surface area contributed by atoms with Crippen LogP contribution in [0.4, 0.5) is 9.18 Å². The lowest BCUT2D eigenvalue weighted by atomic mass is 9.99. The van der Waals surface area contributed by atoms with Gasteiger partial charge in [-0.25, -0.2) is 9.18 Å². The van der Waals surface area contributed by atoms with Crippen LogP contribution in [0.1, 0.15) is 58.5 Å². The van der Waals surface area contributed by atoms with Gasteiger partial charge in [-0.15, -0.1) is 10.2 Å². The lowest BCUT2D eigenvalue weighted by molar-refractivity contribution is 0.0473. The number of amides is 1. The molecule has 0 spiro atoms. The fraction of sp³-hybridized carbons (Fsp3) is 0.526. The Morgan fingerprint density at radius 2 is 2.04 bits per heavy atom. The highest BCUT2D eigenvalue weighted by Gasteiger charge is 2.28. The molecule has 0 saturated heterocycles. The number of carbonyl (C=O) groups is 1. The Labute approximate surface area is 163 Å². The number of halogens is 1. The van der Waals surface area contributed by atoms with E-state index in [0.29, 0.717) is 22.4 Å². The molecule has 1 amide bonds. The smallest absolute Gasteiger partial charge is 0.408 e. The van der Waals surface area contributed by atoms with Gasteiger partial charge in [-0.3, -0.25) is 0 Å². The maximum absolute atomic E-state index is 13.7. The van der Waals surface area contributed by atoms with Gasteiger partial charge in [0, 0.05) is 5.75 Å². The maximum atomic E-state index is 13.7. The Bertz CT molecular complexity index is 761. The zero-order valence-corrected chi connectivity index (χ0v) is 17.1. The molecule has 0 aliphatic carbocycles. The fourth-order valence-corrected chi connectivity index (χ4v) is 3.03. The van der Waals surface area contributed by atoms with Crippen molar-refractivity contribution < 1.29 is 18.3 Å². The minimum Gasteiger partial charge on any atom is -0.444 e. The summed E-state index contributed by atoms with van der Waals surface area (Å²) in [5, 5.41) is 11.2. The third-order valence-electron chi connectivity index (χ3n) is 3.88. The van der Waals surface area contributed by atoms with E-state index in [1.165, 1.54) is 17.8 Å². The summed E-state index contributed by atoms with van der Waals surface area (Å²) in [5.41, 5.74) is -0.0349. The summed E-state index contributed by atoms with van der Waals surface area (Å²) < 4.78 is 24.7. The molecule has 1 heterocycles. The molecule has 8 heteroatoms. The normalized spacial score (nSPS) is 13.9. The molecule has 1 aromatic carbocycles. The first-order valence-electron chi connectivity index (χ1n) is 8.88. The van der Waals surface area contributed by atoms with Gasteiger partial charge in [-0.2, -0.15) is 0 Å². The van der Waals surface area contributed by atoms with Crippen molar-refractivity contribution in [1.82, 2.24) is 15.5 Å². The summed E-state index contributed by atoms with van der Waals surface area (Å²) in [4.78, 5) is 12.1. The molecular formula is C19H26FN3O3S. The van der Waals surface area contributed by atoms with E-state index < -0.39 is 17.7 Å². The van der Waals surface area contributed by atoms with Gasteiger partial charge in [0.2, 0.25) is 5.89 Å². The number of rotatable bonds is 7. The number of alkyl carbamates (subject to hydrolysis) is 1. The van der Waals surface area contributed by atoms with E-state index in [0.717, 1.165) is 6.42 Å². The van der Waals surface area contributed by atoms with Gasteiger partial charge in [0.1, 0.15) is 17.5 Å². The van der Waals surface area contributed by atoms with Gasteiger partial charge in [0.15, 0.2) is 0 Å². The van der Waals surface area contributed by atoms with Crippen LogP contribution in [-0.2, 0) is 10.5 Å². The first kappa shape index (κ1) is 21.2. The summed E-state index contributed by atoms with van der Waals surface area (Å²) in [5.74, 6) is 0.490. The standard InChI is InChI=1S/C19H26FN3O3S/c1-6-12(2)15(21-17(24)26-19(3,4)5)16-22-23-18(25-16)27-11-13-9-7-8-10-14(13)20/h7-10,12,15H,6,11H2,1-5H3,(H,21,24)/t12-,15+/m0/s1. The molecule has 0 saturated carbocycles. The van der Waals surface area contributed by atoms with Crippen LogP contribution in [0.25, 0.3) is 0 Å². The van der Waals surface area contributed by atoms with Crippen molar-refractivity contribution in [3.8, 4) is 0 Å². The number of thioether (sulfide) groups is 1. The summed E-state index contributed by atoms with van der Waals surface area (Å²) in [6.45, 7) is 9.40. The van der Waals surface area contributed by atoms with Crippen LogP contribution < -0.4 is 5.32 Å². The SMILES string of the molecule is CC[C@H](C)[C@@H](NC(=O)OC(C)(C)C)c1nnc(SCc2ccccc2F)o1. The fourth-order valence-electron chi connectivity index (χ4n) is 2.28. The highest BCUT2D eigenvalue weighted by atomic mass is 32.2. The summed E-state index contributed by atoms with van der Waals surface area (Å²) in [6.07, 6.45) is 0.271. The molecule has 0 aliphatic rings. The highest BCUT2D eigenvalue weighted by Crippen LogP contribution is 2.28. The third-order valence-corrected chi connectivity index (χ3v) is 4.75. The quantitative estimate of drug-likeness (QED) is 0.656. The first-order chi connectivity index (χ1) is 12.7. The second kappa shape index (κ2) is 9.21. The molecule has 2 aromatic rings. The molecule has 0 fully saturated rings. The predicted molar refractivity (Wildman–Crippen MR) is 102 cm³/mol. The molecule has 1 aromatic heterocycles.